The Morgan fingerprint density at radius 1 is 1.00 bits per heavy atom. The molecule has 0 aromatic heterocycles. The Hall–Kier alpha value is -3.26. The van der Waals surface area contributed by atoms with Crippen molar-refractivity contribution < 1.29 is 24.2 Å². The number of nitrogens with one attached hydrogen (secondary N) is 2. The Kier molecular flexibility index (Phi) is 7.57. The molecule has 0 atom stereocenters. The normalized spacial score (nSPS) is 19.3. The van der Waals surface area contributed by atoms with Crippen molar-refractivity contribution in [3.8, 4) is 5.75 Å². The van der Waals surface area contributed by atoms with Crippen LogP contribution in [0.15, 0.2) is 42.5 Å². The first-order valence-electron chi connectivity index (χ1n) is 11.5. The number of halogens is 1. The Balaban J connectivity index is 1.18. The fourth-order valence-corrected chi connectivity index (χ4v) is 4.58. The number of urea groups is 1. The van der Waals surface area contributed by atoms with Crippen LogP contribution < -0.4 is 20.3 Å². The zero-order chi connectivity index (χ0) is 24.1. The van der Waals surface area contributed by atoms with Crippen molar-refractivity contribution in [3.63, 3.8) is 0 Å². The minimum atomic E-state index is -0.736. The largest absolute Gasteiger partial charge is 0.490 e. The summed E-state index contributed by atoms with van der Waals surface area (Å²) in [7, 11) is 0. The molecule has 0 radical (unpaired) electrons. The number of rotatable bonds is 7. The van der Waals surface area contributed by atoms with Gasteiger partial charge in [0.2, 0.25) is 0 Å². The number of anilines is 1. The summed E-state index contributed by atoms with van der Waals surface area (Å²) in [4.78, 5) is 37.6. The van der Waals surface area contributed by atoms with E-state index in [4.69, 9.17) is 21.4 Å². The molecular formula is C25H28ClN3O5. The Morgan fingerprint density at radius 3 is 2.41 bits per heavy atom. The highest BCUT2D eigenvalue weighted by Crippen LogP contribution is 2.31. The van der Waals surface area contributed by atoms with Crippen molar-refractivity contribution in [1.82, 2.24) is 10.6 Å². The summed E-state index contributed by atoms with van der Waals surface area (Å²) in [5.74, 6) is -0.588. The van der Waals surface area contributed by atoms with Gasteiger partial charge in [-0.1, -0.05) is 17.7 Å². The molecule has 4 rings (SSSR count). The van der Waals surface area contributed by atoms with Gasteiger partial charge in [0.25, 0.3) is 5.91 Å². The maximum absolute atomic E-state index is 12.5. The first-order valence-corrected chi connectivity index (χ1v) is 11.9. The third kappa shape index (κ3) is 5.80. The number of carboxylic acid groups (broad SMARTS) is 1. The molecule has 34 heavy (non-hydrogen) atoms. The van der Waals surface area contributed by atoms with Crippen LogP contribution in [0.1, 0.15) is 41.6 Å². The number of carbonyl (C=O) groups excluding carboxylic acids is 2. The summed E-state index contributed by atoms with van der Waals surface area (Å²) >= 11 is 6.05. The molecule has 8 nitrogen and oxygen atoms in total. The second-order valence-corrected chi connectivity index (χ2v) is 9.05. The fraction of sp³-hybridized carbons (Fsp3) is 0.400. The van der Waals surface area contributed by atoms with Crippen molar-refractivity contribution in [3.05, 3.63) is 58.6 Å². The molecule has 2 aliphatic rings. The smallest absolute Gasteiger partial charge is 0.321 e. The molecule has 0 unspecified atom stereocenters. The molecule has 1 aliphatic carbocycles. The molecule has 3 N–H and O–H groups in total. The zero-order valence-corrected chi connectivity index (χ0v) is 19.5. The van der Waals surface area contributed by atoms with E-state index < -0.39 is 5.97 Å². The van der Waals surface area contributed by atoms with E-state index in [1.54, 1.807) is 35.2 Å². The number of benzene rings is 2. The van der Waals surface area contributed by atoms with Crippen molar-refractivity contribution in [2.75, 3.05) is 24.5 Å². The number of fused-ring (bicyclic) bond motifs is 1. The molecule has 9 heteroatoms. The van der Waals surface area contributed by atoms with Crippen LogP contribution in [-0.2, 0) is 11.2 Å². The third-order valence-corrected chi connectivity index (χ3v) is 6.55. The molecule has 3 amide bonds. The number of hydrogen-bond acceptors (Lipinski definition) is 4. The van der Waals surface area contributed by atoms with E-state index in [9.17, 15) is 14.4 Å². The van der Waals surface area contributed by atoms with E-state index in [0.717, 1.165) is 17.7 Å². The summed E-state index contributed by atoms with van der Waals surface area (Å²) in [6.07, 6.45) is 3.45. The van der Waals surface area contributed by atoms with Gasteiger partial charge in [-0.3, -0.25) is 14.5 Å². The molecule has 1 saturated carbocycles. The maximum atomic E-state index is 12.5. The minimum Gasteiger partial charge on any atom is -0.490 e. The number of aliphatic carboxylic acids is 1. The molecule has 0 bridgehead atoms. The van der Waals surface area contributed by atoms with Crippen LogP contribution in [0.3, 0.4) is 0 Å². The van der Waals surface area contributed by atoms with Gasteiger partial charge >= 0.3 is 12.0 Å². The summed E-state index contributed by atoms with van der Waals surface area (Å²) in [6, 6.07) is 12.2. The number of nitrogens with zero attached hydrogens (tertiary/aromatic N) is 1. The van der Waals surface area contributed by atoms with Gasteiger partial charge in [-0.15, -0.1) is 0 Å². The highest BCUT2D eigenvalue weighted by molar-refractivity contribution is 6.31. The number of amides is 3. The fourth-order valence-electron chi connectivity index (χ4n) is 4.41. The van der Waals surface area contributed by atoms with E-state index >= 15 is 0 Å². The third-order valence-electron chi connectivity index (χ3n) is 6.32. The molecule has 0 saturated heterocycles. The van der Waals surface area contributed by atoms with E-state index in [1.165, 1.54) is 0 Å². The van der Waals surface area contributed by atoms with Crippen molar-refractivity contribution in [2.24, 2.45) is 5.92 Å². The van der Waals surface area contributed by atoms with E-state index in [-0.39, 0.29) is 24.0 Å². The monoisotopic (exact) mass is 485 g/mol. The molecule has 1 heterocycles. The van der Waals surface area contributed by atoms with Gasteiger partial charge in [0.1, 0.15) is 5.75 Å². The lowest BCUT2D eigenvalue weighted by Gasteiger charge is -2.26. The highest BCUT2D eigenvalue weighted by Gasteiger charge is 2.27. The quantitative estimate of drug-likeness (QED) is 0.516. The van der Waals surface area contributed by atoms with Crippen LogP contribution in [-0.4, -0.2) is 48.8 Å². The van der Waals surface area contributed by atoms with Crippen LogP contribution in [0.5, 0.6) is 5.75 Å². The van der Waals surface area contributed by atoms with Crippen molar-refractivity contribution in [1.29, 1.82) is 0 Å². The number of hydrogen-bond donors (Lipinski definition) is 3. The molecule has 2 aromatic carbocycles. The lowest BCUT2D eigenvalue weighted by molar-refractivity contribution is -0.143. The van der Waals surface area contributed by atoms with Gasteiger partial charge in [0.05, 0.1) is 17.7 Å². The number of ether oxygens (including phenoxy) is 1. The number of carbonyl (C=O) groups is 3. The first kappa shape index (κ1) is 23.9. The van der Waals surface area contributed by atoms with Crippen LogP contribution in [0, 0.1) is 5.92 Å². The second kappa shape index (κ2) is 10.8. The first-order chi connectivity index (χ1) is 16.4. The molecule has 0 spiro atoms. The molecule has 1 aliphatic heterocycles. The Bertz CT molecular complexity index is 1050. The van der Waals surface area contributed by atoms with E-state index in [0.29, 0.717) is 61.7 Å². The van der Waals surface area contributed by atoms with E-state index in [2.05, 4.69) is 10.6 Å². The van der Waals surface area contributed by atoms with Gasteiger partial charge in [-0.25, -0.2) is 4.79 Å². The average molecular weight is 486 g/mol. The summed E-state index contributed by atoms with van der Waals surface area (Å²) in [5, 5.41) is 15.3. The average Bonchev–Trinajstić information content (AvgIpc) is 3.25. The van der Waals surface area contributed by atoms with E-state index in [1.807, 2.05) is 12.1 Å². The summed E-state index contributed by atoms with van der Waals surface area (Å²) in [5.41, 5.74) is 2.41. The Morgan fingerprint density at radius 2 is 1.71 bits per heavy atom. The standard InChI is InChI=1S/C25H28ClN3O5/c26-19-6-1-16-11-14-29(22(16)15-19)25(33)28-13-12-27-23(30)17-2-7-20(8-3-17)34-21-9-4-18(5-10-21)24(31)32/h1-3,6-8,15,18,21H,4-5,9-14H2,(H,27,30)(H,28,33)(H,31,32). The van der Waals surface area contributed by atoms with Crippen LogP contribution in [0.4, 0.5) is 10.5 Å². The van der Waals surface area contributed by atoms with Gasteiger partial charge in [0, 0.05) is 30.2 Å². The van der Waals surface area contributed by atoms with Crippen LogP contribution >= 0.6 is 11.6 Å². The lowest BCUT2D eigenvalue weighted by Crippen LogP contribution is -2.42. The predicted molar refractivity (Wildman–Crippen MR) is 129 cm³/mol. The highest BCUT2D eigenvalue weighted by atomic mass is 35.5. The maximum Gasteiger partial charge on any atom is 0.321 e. The second-order valence-electron chi connectivity index (χ2n) is 8.62. The van der Waals surface area contributed by atoms with Gasteiger partial charge in [-0.2, -0.15) is 0 Å². The molecule has 2 aromatic rings. The topological polar surface area (TPSA) is 108 Å². The SMILES string of the molecule is O=C(NCCNC(=O)N1CCc2ccc(Cl)cc21)c1ccc(OC2CCC(C(=O)O)CC2)cc1. The zero-order valence-electron chi connectivity index (χ0n) is 18.8. The van der Waals surface area contributed by atoms with Crippen LogP contribution in [0.25, 0.3) is 0 Å². The van der Waals surface area contributed by atoms with Crippen molar-refractivity contribution >= 4 is 35.2 Å². The molecule has 1 fully saturated rings. The minimum absolute atomic E-state index is 0.00233. The Labute approximate surface area is 203 Å². The van der Waals surface area contributed by atoms with Crippen LogP contribution in [0.2, 0.25) is 5.02 Å². The van der Waals surface area contributed by atoms with Gasteiger partial charge in [0.15, 0.2) is 0 Å². The predicted octanol–water partition coefficient (Wildman–Crippen LogP) is 3.86. The molecular weight excluding hydrogens is 458 g/mol. The molecule has 180 valence electrons. The summed E-state index contributed by atoms with van der Waals surface area (Å²) in [6.45, 7) is 1.20. The summed E-state index contributed by atoms with van der Waals surface area (Å²) < 4.78 is 5.94. The van der Waals surface area contributed by atoms with Gasteiger partial charge in [-0.05, 0) is 74.1 Å². The number of carboxylic acids is 1. The van der Waals surface area contributed by atoms with Gasteiger partial charge < -0.3 is 20.5 Å². The van der Waals surface area contributed by atoms with Crippen molar-refractivity contribution in [2.45, 2.75) is 38.2 Å². The lowest BCUT2D eigenvalue weighted by atomic mass is 9.87.